The molecule has 0 aromatic heterocycles. The molecule has 0 spiro atoms. The number of amides is 2. The van der Waals surface area contributed by atoms with Gasteiger partial charge < -0.3 is 15.0 Å². The van der Waals surface area contributed by atoms with Gasteiger partial charge in [0.2, 0.25) is 5.91 Å². The summed E-state index contributed by atoms with van der Waals surface area (Å²) in [6.07, 6.45) is 2.45. The molecule has 1 atom stereocenters. The summed E-state index contributed by atoms with van der Waals surface area (Å²) in [5.74, 6) is -0.0968. The summed E-state index contributed by atoms with van der Waals surface area (Å²) in [4.78, 5) is 25.3. The fraction of sp³-hybridized carbons (Fsp3) is 0.500. The van der Waals surface area contributed by atoms with E-state index in [1.807, 2.05) is 30.3 Å². The van der Waals surface area contributed by atoms with Crippen molar-refractivity contribution in [1.82, 2.24) is 10.2 Å². The molecule has 6 heteroatoms. The van der Waals surface area contributed by atoms with Crippen molar-refractivity contribution in [3.63, 3.8) is 0 Å². The molecule has 1 aliphatic rings. The smallest absolute Gasteiger partial charge is 0.407 e. The van der Waals surface area contributed by atoms with E-state index in [1.54, 1.807) is 4.90 Å². The van der Waals surface area contributed by atoms with Gasteiger partial charge in [0.05, 0.1) is 0 Å². The van der Waals surface area contributed by atoms with Crippen LogP contribution in [0.25, 0.3) is 0 Å². The third-order valence-electron chi connectivity index (χ3n) is 3.76. The van der Waals surface area contributed by atoms with Gasteiger partial charge in [0.1, 0.15) is 12.5 Å². The molecule has 1 aromatic carbocycles. The number of alkyl carbamates (subject to hydrolysis) is 1. The van der Waals surface area contributed by atoms with E-state index in [0.29, 0.717) is 13.1 Å². The Morgan fingerprint density at radius 3 is 2.77 bits per heavy atom. The second-order valence-corrected chi connectivity index (χ2v) is 5.58. The number of hydrogen-bond acceptors (Lipinski definition) is 3. The summed E-state index contributed by atoms with van der Waals surface area (Å²) >= 11 is 5.63. The van der Waals surface area contributed by atoms with E-state index in [9.17, 15) is 9.59 Å². The van der Waals surface area contributed by atoms with E-state index in [1.165, 1.54) is 0 Å². The van der Waals surface area contributed by atoms with Crippen LogP contribution in [0.15, 0.2) is 30.3 Å². The summed E-state index contributed by atoms with van der Waals surface area (Å²) in [5, 5.41) is 2.73. The number of carbonyl (C=O) groups is 2. The molecular formula is C16H21ClN2O3. The number of carbonyl (C=O) groups excluding carboxylic acids is 2. The van der Waals surface area contributed by atoms with Crippen LogP contribution in [0.4, 0.5) is 4.79 Å². The van der Waals surface area contributed by atoms with Crippen molar-refractivity contribution in [3.8, 4) is 0 Å². The van der Waals surface area contributed by atoms with Crippen molar-refractivity contribution in [2.75, 3.05) is 19.0 Å². The Hall–Kier alpha value is -1.75. The van der Waals surface area contributed by atoms with Crippen molar-refractivity contribution >= 4 is 23.6 Å². The van der Waals surface area contributed by atoms with Crippen LogP contribution < -0.4 is 5.32 Å². The fourth-order valence-electron chi connectivity index (χ4n) is 2.59. The van der Waals surface area contributed by atoms with E-state index in [4.69, 9.17) is 16.3 Å². The minimum Gasteiger partial charge on any atom is -0.445 e. The van der Waals surface area contributed by atoms with Gasteiger partial charge in [-0.2, -0.15) is 0 Å². The second kappa shape index (κ2) is 8.63. The number of likely N-dealkylation sites (tertiary alicyclic amines) is 1. The highest BCUT2D eigenvalue weighted by atomic mass is 35.5. The van der Waals surface area contributed by atoms with Gasteiger partial charge in [-0.15, -0.1) is 11.6 Å². The third kappa shape index (κ3) is 4.91. The quantitative estimate of drug-likeness (QED) is 0.847. The van der Waals surface area contributed by atoms with Gasteiger partial charge in [-0.1, -0.05) is 30.3 Å². The monoisotopic (exact) mass is 324 g/mol. The Balaban J connectivity index is 1.75. The van der Waals surface area contributed by atoms with Crippen molar-refractivity contribution in [2.45, 2.75) is 31.9 Å². The lowest BCUT2D eigenvalue weighted by Crippen LogP contribution is -2.49. The van der Waals surface area contributed by atoms with Gasteiger partial charge >= 0.3 is 6.09 Å². The van der Waals surface area contributed by atoms with Crippen molar-refractivity contribution in [3.05, 3.63) is 35.9 Å². The molecule has 5 nitrogen and oxygen atoms in total. The molecule has 2 rings (SSSR count). The van der Waals surface area contributed by atoms with Crippen molar-refractivity contribution in [1.29, 1.82) is 0 Å². The predicted octanol–water partition coefficient (Wildman–Crippen LogP) is 2.53. The van der Waals surface area contributed by atoms with E-state index in [2.05, 4.69) is 5.32 Å². The molecule has 1 aliphatic heterocycles. The highest BCUT2D eigenvalue weighted by Gasteiger charge is 2.26. The van der Waals surface area contributed by atoms with Gasteiger partial charge in [-0.3, -0.25) is 4.79 Å². The Kier molecular flexibility index (Phi) is 6.52. The summed E-state index contributed by atoms with van der Waals surface area (Å²) in [6, 6.07) is 9.51. The standard InChI is InChI=1S/C16H21ClN2O3/c17-10-15(20)19-9-5-4-8-14(19)11-18-16(21)22-12-13-6-2-1-3-7-13/h1-3,6-7,14H,4-5,8-12H2,(H,18,21)/t14-/m0/s1. The lowest BCUT2D eigenvalue weighted by atomic mass is 10.0. The number of nitrogens with zero attached hydrogens (tertiary/aromatic N) is 1. The van der Waals surface area contributed by atoms with Gasteiger partial charge in [0, 0.05) is 19.1 Å². The molecule has 0 aliphatic carbocycles. The molecule has 0 saturated carbocycles. The molecule has 0 unspecified atom stereocenters. The van der Waals surface area contributed by atoms with Crippen LogP contribution in [-0.4, -0.2) is 41.9 Å². The van der Waals surface area contributed by atoms with Gasteiger partial charge in [0.25, 0.3) is 0 Å². The number of rotatable bonds is 5. The van der Waals surface area contributed by atoms with Crippen LogP contribution in [0.1, 0.15) is 24.8 Å². The molecule has 2 amide bonds. The summed E-state index contributed by atoms with van der Waals surface area (Å²) in [7, 11) is 0. The lowest BCUT2D eigenvalue weighted by molar-refractivity contribution is -0.132. The first-order valence-electron chi connectivity index (χ1n) is 7.50. The molecule has 1 heterocycles. The fourth-order valence-corrected chi connectivity index (χ4v) is 2.75. The molecule has 1 fully saturated rings. The topological polar surface area (TPSA) is 58.6 Å². The highest BCUT2D eigenvalue weighted by molar-refractivity contribution is 6.27. The third-order valence-corrected chi connectivity index (χ3v) is 3.99. The van der Waals surface area contributed by atoms with Gasteiger partial charge in [0.15, 0.2) is 0 Å². The van der Waals surface area contributed by atoms with Crippen LogP contribution in [-0.2, 0) is 16.1 Å². The molecule has 1 aromatic rings. The molecule has 1 N–H and O–H groups in total. The minimum atomic E-state index is -0.465. The second-order valence-electron chi connectivity index (χ2n) is 5.31. The highest BCUT2D eigenvalue weighted by Crippen LogP contribution is 2.17. The number of hydrogen-bond donors (Lipinski definition) is 1. The molecule has 22 heavy (non-hydrogen) atoms. The average Bonchev–Trinajstić information content (AvgIpc) is 2.58. The first-order valence-corrected chi connectivity index (χ1v) is 8.04. The Morgan fingerprint density at radius 2 is 2.05 bits per heavy atom. The molecular weight excluding hydrogens is 304 g/mol. The van der Waals surface area contributed by atoms with Crippen LogP contribution in [0.2, 0.25) is 0 Å². The van der Waals surface area contributed by atoms with E-state index >= 15 is 0 Å². The van der Waals surface area contributed by atoms with E-state index in [0.717, 1.165) is 24.8 Å². The number of benzene rings is 1. The first-order chi connectivity index (χ1) is 10.7. The maximum atomic E-state index is 11.8. The van der Waals surface area contributed by atoms with Crippen molar-refractivity contribution in [2.24, 2.45) is 0 Å². The average molecular weight is 325 g/mol. The van der Waals surface area contributed by atoms with Crippen LogP contribution in [0.3, 0.4) is 0 Å². The van der Waals surface area contributed by atoms with Crippen LogP contribution in [0, 0.1) is 0 Å². The molecule has 0 bridgehead atoms. The minimum absolute atomic E-state index is 0.00396. The predicted molar refractivity (Wildman–Crippen MR) is 84.7 cm³/mol. The van der Waals surface area contributed by atoms with E-state index in [-0.39, 0.29) is 24.4 Å². The largest absolute Gasteiger partial charge is 0.445 e. The number of ether oxygens (including phenoxy) is 1. The number of piperidine rings is 1. The Morgan fingerprint density at radius 1 is 1.27 bits per heavy atom. The van der Waals surface area contributed by atoms with Crippen molar-refractivity contribution < 1.29 is 14.3 Å². The van der Waals surface area contributed by atoms with Gasteiger partial charge in [-0.25, -0.2) is 4.79 Å². The first kappa shape index (κ1) is 16.6. The lowest BCUT2D eigenvalue weighted by Gasteiger charge is -2.35. The Labute approximate surface area is 135 Å². The van der Waals surface area contributed by atoms with Crippen LogP contribution >= 0.6 is 11.6 Å². The zero-order chi connectivity index (χ0) is 15.8. The summed E-state index contributed by atoms with van der Waals surface area (Å²) in [5.41, 5.74) is 0.939. The Bertz CT molecular complexity index is 495. The summed E-state index contributed by atoms with van der Waals surface area (Å²) in [6.45, 7) is 1.34. The number of halogens is 1. The zero-order valence-corrected chi connectivity index (χ0v) is 13.2. The molecule has 1 saturated heterocycles. The van der Waals surface area contributed by atoms with Crippen LogP contribution in [0.5, 0.6) is 0 Å². The number of nitrogens with one attached hydrogen (secondary N) is 1. The number of alkyl halides is 1. The molecule has 0 radical (unpaired) electrons. The maximum absolute atomic E-state index is 11.8. The normalized spacial score (nSPS) is 17.9. The maximum Gasteiger partial charge on any atom is 0.407 e. The SMILES string of the molecule is O=C(NC[C@@H]1CCCCN1C(=O)CCl)OCc1ccccc1. The zero-order valence-electron chi connectivity index (χ0n) is 12.5. The summed E-state index contributed by atoms with van der Waals surface area (Å²) < 4.78 is 5.16. The molecule has 120 valence electrons. The van der Waals surface area contributed by atoms with Gasteiger partial charge in [-0.05, 0) is 24.8 Å². The van der Waals surface area contributed by atoms with E-state index < -0.39 is 6.09 Å².